The Balaban J connectivity index is 1.54. The molecular formula is C21H14FN5O3. The van der Waals surface area contributed by atoms with Crippen LogP contribution in [0.5, 0.6) is 0 Å². The molecule has 0 unspecified atom stereocenters. The number of fused-ring (bicyclic) bond motifs is 2. The first-order chi connectivity index (χ1) is 14.5. The van der Waals surface area contributed by atoms with Crippen LogP contribution in [0.1, 0.15) is 0 Å². The summed E-state index contributed by atoms with van der Waals surface area (Å²) in [4.78, 5) is 26.2. The van der Waals surface area contributed by atoms with E-state index in [1.165, 1.54) is 22.9 Å². The number of carbonyl (C=O) groups is 1. The number of nitrogens with zero attached hydrogens (tertiary/aromatic N) is 4. The molecule has 5 rings (SSSR count). The zero-order valence-electron chi connectivity index (χ0n) is 15.4. The molecule has 148 valence electrons. The summed E-state index contributed by atoms with van der Waals surface area (Å²) in [6.07, 6.45) is 3.33. The van der Waals surface area contributed by atoms with E-state index in [-0.39, 0.29) is 17.7 Å². The fourth-order valence-corrected chi connectivity index (χ4v) is 3.49. The first kappa shape index (κ1) is 17.8. The Hall–Kier alpha value is -4.27. The van der Waals surface area contributed by atoms with E-state index in [0.29, 0.717) is 22.3 Å². The normalized spacial score (nSPS) is 11.4. The van der Waals surface area contributed by atoms with Crippen molar-refractivity contribution in [3.8, 4) is 16.9 Å². The number of nitrogens with one attached hydrogen (secondary N) is 1. The highest BCUT2D eigenvalue weighted by molar-refractivity contribution is 5.84. The summed E-state index contributed by atoms with van der Waals surface area (Å²) in [7, 11) is 0. The second-order valence-corrected chi connectivity index (χ2v) is 6.87. The second-order valence-electron chi connectivity index (χ2n) is 6.87. The van der Waals surface area contributed by atoms with Crippen LogP contribution >= 0.6 is 0 Å². The molecule has 9 heteroatoms. The molecule has 3 heterocycles. The molecule has 0 fully saturated rings. The highest BCUT2D eigenvalue weighted by atomic mass is 19.1. The summed E-state index contributed by atoms with van der Waals surface area (Å²) in [5, 5.41) is 18.6. The van der Waals surface area contributed by atoms with E-state index in [2.05, 4.69) is 15.3 Å². The molecule has 8 nitrogen and oxygen atoms in total. The fraction of sp³-hybridized carbons (Fsp3) is 0.0476. The number of carboxylic acids is 1. The zero-order valence-corrected chi connectivity index (χ0v) is 15.4. The number of aromatic amines is 1. The number of H-pyrrole nitrogens is 1. The number of aliphatic carboxylic acids is 1. The third-order valence-electron chi connectivity index (χ3n) is 4.90. The maximum atomic E-state index is 13.5. The van der Waals surface area contributed by atoms with Crippen molar-refractivity contribution in [2.45, 2.75) is 6.54 Å². The van der Waals surface area contributed by atoms with Gasteiger partial charge in [0.15, 0.2) is 0 Å². The molecule has 0 aliphatic rings. The van der Waals surface area contributed by atoms with Crippen LogP contribution in [-0.4, -0.2) is 35.6 Å². The Morgan fingerprint density at radius 2 is 1.97 bits per heavy atom. The van der Waals surface area contributed by atoms with Crippen LogP contribution in [0.2, 0.25) is 0 Å². The topological polar surface area (TPSA) is 106 Å². The molecule has 0 saturated heterocycles. The number of rotatable bonds is 4. The largest absolute Gasteiger partial charge is 0.480 e. The van der Waals surface area contributed by atoms with Crippen molar-refractivity contribution in [3.05, 3.63) is 77.1 Å². The van der Waals surface area contributed by atoms with Crippen molar-refractivity contribution in [3.63, 3.8) is 0 Å². The van der Waals surface area contributed by atoms with Gasteiger partial charge >= 0.3 is 5.97 Å². The molecule has 0 radical (unpaired) electrons. The molecule has 0 aliphatic carbocycles. The van der Waals surface area contributed by atoms with E-state index in [1.54, 1.807) is 35.2 Å². The quantitative estimate of drug-likeness (QED) is 0.480. The maximum absolute atomic E-state index is 13.5. The first-order valence-electron chi connectivity index (χ1n) is 9.04. The third-order valence-corrected chi connectivity index (χ3v) is 4.90. The van der Waals surface area contributed by atoms with Crippen molar-refractivity contribution in [2.24, 2.45) is 0 Å². The number of hydrogen-bond acceptors (Lipinski definition) is 4. The lowest BCUT2D eigenvalue weighted by Crippen LogP contribution is -2.08. The Kier molecular flexibility index (Phi) is 3.95. The van der Waals surface area contributed by atoms with Crippen molar-refractivity contribution in [1.29, 1.82) is 0 Å². The van der Waals surface area contributed by atoms with E-state index >= 15 is 0 Å². The van der Waals surface area contributed by atoms with Crippen LogP contribution in [0.15, 0.2) is 65.7 Å². The van der Waals surface area contributed by atoms with Crippen molar-refractivity contribution >= 4 is 27.8 Å². The van der Waals surface area contributed by atoms with E-state index in [1.807, 2.05) is 12.1 Å². The summed E-state index contributed by atoms with van der Waals surface area (Å²) in [5.74, 6) is -1.31. The highest BCUT2D eigenvalue weighted by Gasteiger charge is 2.12. The van der Waals surface area contributed by atoms with Crippen molar-refractivity contribution in [2.75, 3.05) is 0 Å². The summed E-state index contributed by atoms with van der Waals surface area (Å²) >= 11 is 0. The molecule has 0 saturated carbocycles. The minimum absolute atomic E-state index is 0.123. The smallest absolute Gasteiger partial charge is 0.323 e. The third kappa shape index (κ3) is 3.02. The lowest BCUT2D eigenvalue weighted by molar-refractivity contribution is -0.137. The van der Waals surface area contributed by atoms with Gasteiger partial charge in [0.05, 0.1) is 17.4 Å². The lowest BCUT2D eigenvalue weighted by atomic mass is 10.1. The van der Waals surface area contributed by atoms with Crippen LogP contribution in [-0.2, 0) is 11.3 Å². The van der Waals surface area contributed by atoms with Crippen LogP contribution in [0.3, 0.4) is 0 Å². The Morgan fingerprint density at radius 3 is 2.80 bits per heavy atom. The van der Waals surface area contributed by atoms with Gasteiger partial charge in [0.1, 0.15) is 18.1 Å². The molecule has 3 aromatic heterocycles. The van der Waals surface area contributed by atoms with Crippen molar-refractivity contribution < 1.29 is 14.3 Å². The van der Waals surface area contributed by atoms with Gasteiger partial charge in [-0.1, -0.05) is 5.21 Å². The first-order valence-corrected chi connectivity index (χ1v) is 9.04. The average Bonchev–Trinajstić information content (AvgIpc) is 3.35. The minimum Gasteiger partial charge on any atom is -0.480 e. The predicted octanol–water partition coefficient (Wildman–Crippen LogP) is 2.95. The Bertz CT molecular complexity index is 1500. The molecule has 0 amide bonds. The molecule has 30 heavy (non-hydrogen) atoms. The van der Waals surface area contributed by atoms with Crippen LogP contribution < -0.4 is 5.56 Å². The molecule has 5 aromatic rings. The lowest BCUT2D eigenvalue weighted by Gasteiger charge is -2.04. The molecule has 0 aliphatic heterocycles. The van der Waals surface area contributed by atoms with Gasteiger partial charge in [-0.2, -0.15) is 0 Å². The number of pyridine rings is 1. The predicted molar refractivity (Wildman–Crippen MR) is 108 cm³/mol. The summed E-state index contributed by atoms with van der Waals surface area (Å²) in [5.41, 5.74) is 2.32. The molecule has 0 spiro atoms. The van der Waals surface area contributed by atoms with Gasteiger partial charge in [0, 0.05) is 28.0 Å². The van der Waals surface area contributed by atoms with E-state index < -0.39 is 11.8 Å². The van der Waals surface area contributed by atoms with E-state index in [9.17, 15) is 14.0 Å². The number of halogens is 1. The number of hydrogen-bond donors (Lipinski definition) is 2. The summed E-state index contributed by atoms with van der Waals surface area (Å²) in [6.45, 7) is -0.123. The standard InChI is InChI=1S/C21H14FN5O3/c22-14-1-3-17-13(7-14)9-16(21(30)23-17)18-10-27(25-24-18)15-2-4-19-12(8-15)5-6-26(19)11-20(28)29/h1-10H,11H2,(H,23,30)(H,28,29). The van der Waals surface area contributed by atoms with Crippen LogP contribution in [0, 0.1) is 5.82 Å². The molecule has 2 N–H and O–H groups in total. The van der Waals surface area contributed by atoms with Gasteiger partial charge in [-0.15, -0.1) is 5.10 Å². The molecule has 2 aromatic carbocycles. The Morgan fingerprint density at radius 1 is 1.10 bits per heavy atom. The van der Waals surface area contributed by atoms with E-state index in [4.69, 9.17) is 5.11 Å². The van der Waals surface area contributed by atoms with Crippen LogP contribution in [0.25, 0.3) is 38.8 Å². The SMILES string of the molecule is O=C(O)Cn1ccc2cc(-n3cc(-c4cc5cc(F)ccc5[nH]c4=O)nn3)ccc21. The molecular weight excluding hydrogens is 389 g/mol. The monoisotopic (exact) mass is 403 g/mol. The minimum atomic E-state index is -0.919. The van der Waals surface area contributed by atoms with Crippen LogP contribution in [0.4, 0.5) is 4.39 Å². The van der Waals surface area contributed by atoms with Gasteiger partial charge in [-0.25, -0.2) is 9.07 Å². The van der Waals surface area contributed by atoms with Gasteiger partial charge in [-0.05, 0) is 48.5 Å². The number of benzene rings is 2. The number of carboxylic acid groups (broad SMARTS) is 1. The van der Waals surface area contributed by atoms with Gasteiger partial charge in [0.2, 0.25) is 0 Å². The average molecular weight is 403 g/mol. The maximum Gasteiger partial charge on any atom is 0.323 e. The van der Waals surface area contributed by atoms with Gasteiger partial charge < -0.3 is 14.7 Å². The van der Waals surface area contributed by atoms with Gasteiger partial charge in [0.25, 0.3) is 5.56 Å². The summed E-state index contributed by atoms with van der Waals surface area (Å²) < 4.78 is 16.7. The molecule has 0 bridgehead atoms. The fourth-order valence-electron chi connectivity index (χ4n) is 3.49. The van der Waals surface area contributed by atoms with Gasteiger partial charge in [-0.3, -0.25) is 9.59 Å². The molecule has 0 atom stereocenters. The summed E-state index contributed by atoms with van der Waals surface area (Å²) in [6, 6.07) is 13.0. The second kappa shape index (κ2) is 6.66. The van der Waals surface area contributed by atoms with Crippen molar-refractivity contribution in [1.82, 2.24) is 24.5 Å². The highest BCUT2D eigenvalue weighted by Crippen LogP contribution is 2.22. The Labute approximate surface area is 167 Å². The van der Waals surface area contributed by atoms with E-state index in [0.717, 1.165) is 10.9 Å². The zero-order chi connectivity index (χ0) is 20.8. The number of aromatic nitrogens is 5.